The summed E-state index contributed by atoms with van der Waals surface area (Å²) in [6.07, 6.45) is 9.62. The molecule has 1 unspecified atom stereocenters. The minimum atomic E-state index is -0.590. The standard InChI is InChI=1S/C25H26NO5/c1-4-6-14-11-19(28)30-24-20(14)23-17(8-9-25(2,3)31-23)22-21(24)18(27)13-16(29-22)12-15-7-5-10-26-15/h8-9,12,15,26H,4-7,10,13H2,1-3H3. The lowest BCUT2D eigenvalue weighted by molar-refractivity contribution is 0.0963. The van der Waals surface area contributed by atoms with Gasteiger partial charge in [-0.2, -0.15) is 0 Å². The summed E-state index contributed by atoms with van der Waals surface area (Å²) in [7, 11) is 0. The topological polar surface area (TPSA) is 77.8 Å². The van der Waals surface area contributed by atoms with Crippen LogP contribution in [0, 0.1) is 6.07 Å². The van der Waals surface area contributed by atoms with Gasteiger partial charge in [-0.1, -0.05) is 13.3 Å². The van der Waals surface area contributed by atoms with Gasteiger partial charge in [-0.15, -0.1) is 0 Å². The van der Waals surface area contributed by atoms with Crippen molar-refractivity contribution in [2.45, 2.75) is 64.5 Å². The lowest BCUT2D eigenvalue weighted by Gasteiger charge is -2.32. The maximum absolute atomic E-state index is 13.3. The number of hydrogen-bond acceptors (Lipinski definition) is 6. The van der Waals surface area contributed by atoms with Gasteiger partial charge in [0, 0.05) is 6.04 Å². The predicted molar refractivity (Wildman–Crippen MR) is 118 cm³/mol. The maximum Gasteiger partial charge on any atom is 0.344 e. The van der Waals surface area contributed by atoms with E-state index < -0.39 is 11.2 Å². The van der Waals surface area contributed by atoms with Crippen molar-refractivity contribution in [2.75, 3.05) is 6.54 Å². The number of Topliss-reactive ketones (excluding diaryl/α,β-unsaturated/α-hetero) is 1. The zero-order chi connectivity index (χ0) is 21.8. The third-order valence-corrected chi connectivity index (χ3v) is 6.00. The summed E-state index contributed by atoms with van der Waals surface area (Å²) in [4.78, 5) is 25.6. The molecule has 1 aromatic carbocycles. The Kier molecular flexibility index (Phi) is 4.77. The van der Waals surface area contributed by atoms with Crippen molar-refractivity contribution in [1.29, 1.82) is 0 Å². The Morgan fingerprint density at radius 2 is 2.13 bits per heavy atom. The number of aryl methyl sites for hydroxylation is 1. The molecule has 3 aliphatic rings. The van der Waals surface area contributed by atoms with Gasteiger partial charge in [0.15, 0.2) is 17.1 Å². The van der Waals surface area contributed by atoms with Crippen molar-refractivity contribution in [2.24, 2.45) is 0 Å². The molecule has 1 radical (unpaired) electrons. The number of hydrogen-bond donors (Lipinski definition) is 1. The van der Waals surface area contributed by atoms with E-state index in [1.165, 1.54) is 0 Å². The number of nitrogens with one attached hydrogen (secondary N) is 1. The summed E-state index contributed by atoms with van der Waals surface area (Å²) in [6.45, 7) is 6.92. The van der Waals surface area contributed by atoms with E-state index in [4.69, 9.17) is 13.9 Å². The Hall–Kier alpha value is -2.86. The molecule has 1 saturated heterocycles. The summed E-state index contributed by atoms with van der Waals surface area (Å²) >= 11 is 0. The summed E-state index contributed by atoms with van der Waals surface area (Å²) in [6, 6.07) is 3.01. The maximum atomic E-state index is 13.3. The van der Waals surface area contributed by atoms with Crippen LogP contribution < -0.4 is 20.4 Å². The monoisotopic (exact) mass is 420 g/mol. The van der Waals surface area contributed by atoms with Crippen molar-refractivity contribution in [3.63, 3.8) is 0 Å². The van der Waals surface area contributed by atoms with Gasteiger partial charge in [-0.3, -0.25) is 4.79 Å². The zero-order valence-electron chi connectivity index (χ0n) is 18.1. The highest BCUT2D eigenvalue weighted by Crippen LogP contribution is 2.49. The molecule has 1 aromatic heterocycles. The highest BCUT2D eigenvalue weighted by atomic mass is 16.5. The molecule has 1 atom stereocenters. The van der Waals surface area contributed by atoms with Crippen LogP contribution in [0.25, 0.3) is 17.0 Å². The number of carbonyl (C=O) groups is 1. The fourth-order valence-corrected chi connectivity index (χ4v) is 4.60. The number of fused-ring (bicyclic) bond motifs is 6. The molecular weight excluding hydrogens is 394 g/mol. The average Bonchev–Trinajstić information content (AvgIpc) is 3.19. The molecule has 1 fully saturated rings. The second-order valence-corrected chi connectivity index (χ2v) is 8.97. The fourth-order valence-electron chi connectivity index (χ4n) is 4.60. The molecule has 5 rings (SSSR count). The number of rotatable bonds is 3. The second kappa shape index (κ2) is 7.38. The van der Waals surface area contributed by atoms with Crippen molar-refractivity contribution in [1.82, 2.24) is 5.32 Å². The normalized spacial score (nSPS) is 22.9. The number of benzene rings is 1. The molecule has 6 heteroatoms. The third kappa shape index (κ3) is 3.49. The van der Waals surface area contributed by atoms with Crippen LogP contribution in [0.1, 0.15) is 67.9 Å². The fraction of sp³-hybridized carbons (Fsp3) is 0.440. The smallest absolute Gasteiger partial charge is 0.344 e. The van der Waals surface area contributed by atoms with Gasteiger partial charge in [0.2, 0.25) is 0 Å². The van der Waals surface area contributed by atoms with Crippen LogP contribution in [0.4, 0.5) is 0 Å². The number of allylic oxidation sites excluding steroid dienone is 1. The van der Waals surface area contributed by atoms with Crippen molar-refractivity contribution >= 4 is 22.8 Å². The summed E-state index contributed by atoms with van der Waals surface area (Å²) < 4.78 is 18.2. The van der Waals surface area contributed by atoms with Gasteiger partial charge >= 0.3 is 5.63 Å². The molecular formula is C25H26NO5. The van der Waals surface area contributed by atoms with Gasteiger partial charge < -0.3 is 19.2 Å². The van der Waals surface area contributed by atoms with Gasteiger partial charge in [-0.05, 0) is 63.4 Å². The third-order valence-electron chi connectivity index (χ3n) is 6.00. The Labute approximate surface area is 180 Å². The molecule has 1 N–H and O–H groups in total. The first-order valence-electron chi connectivity index (χ1n) is 11.0. The quantitative estimate of drug-likeness (QED) is 0.745. The minimum absolute atomic E-state index is 0.117. The number of carbonyl (C=O) groups excluding carboxylic acids is 1. The molecule has 4 heterocycles. The molecule has 0 aliphatic carbocycles. The Morgan fingerprint density at radius 1 is 1.29 bits per heavy atom. The van der Waals surface area contributed by atoms with Crippen LogP contribution in [0.3, 0.4) is 0 Å². The highest BCUT2D eigenvalue weighted by Gasteiger charge is 2.36. The van der Waals surface area contributed by atoms with E-state index in [1.54, 1.807) is 0 Å². The van der Waals surface area contributed by atoms with Crippen LogP contribution >= 0.6 is 0 Å². The first kappa shape index (κ1) is 20.1. The SMILES string of the molecule is CCCc1[c]c(=O)oc2c3c(c4c(c12)OC(C)(C)C=C4)OC(=CC1CCCN1)CC3=O. The van der Waals surface area contributed by atoms with Gasteiger partial charge in [0.1, 0.15) is 22.7 Å². The molecule has 0 amide bonds. The molecule has 31 heavy (non-hydrogen) atoms. The van der Waals surface area contributed by atoms with E-state index in [1.807, 2.05) is 39.0 Å². The van der Waals surface area contributed by atoms with E-state index in [0.29, 0.717) is 45.8 Å². The van der Waals surface area contributed by atoms with Crippen LogP contribution in [0.2, 0.25) is 0 Å². The minimum Gasteiger partial charge on any atom is -0.482 e. The predicted octanol–water partition coefficient (Wildman–Crippen LogP) is 4.33. The van der Waals surface area contributed by atoms with Crippen LogP contribution in [0.15, 0.2) is 27.1 Å². The van der Waals surface area contributed by atoms with E-state index in [0.717, 1.165) is 25.8 Å². The number of ketones is 1. The van der Waals surface area contributed by atoms with Crippen LogP contribution in [-0.4, -0.2) is 24.0 Å². The lowest BCUT2D eigenvalue weighted by atomic mass is 9.90. The Bertz CT molecular complexity index is 1190. The molecule has 0 bridgehead atoms. The van der Waals surface area contributed by atoms with Gasteiger partial charge in [-0.25, -0.2) is 4.79 Å². The van der Waals surface area contributed by atoms with E-state index in [9.17, 15) is 9.59 Å². The average molecular weight is 420 g/mol. The number of ether oxygens (including phenoxy) is 2. The van der Waals surface area contributed by atoms with Crippen LogP contribution in [-0.2, 0) is 6.42 Å². The van der Waals surface area contributed by atoms with Crippen LogP contribution in [0.5, 0.6) is 11.5 Å². The van der Waals surface area contributed by atoms with Gasteiger partial charge in [0.25, 0.3) is 0 Å². The molecule has 2 aromatic rings. The Morgan fingerprint density at radius 3 is 2.87 bits per heavy atom. The van der Waals surface area contributed by atoms with Crippen molar-refractivity contribution < 1.29 is 18.7 Å². The summed E-state index contributed by atoms with van der Waals surface area (Å²) in [5, 5.41) is 4.05. The molecule has 6 nitrogen and oxygen atoms in total. The largest absolute Gasteiger partial charge is 0.482 e. The van der Waals surface area contributed by atoms with E-state index in [-0.39, 0.29) is 23.8 Å². The van der Waals surface area contributed by atoms with Gasteiger partial charge in [0.05, 0.1) is 23.4 Å². The molecule has 161 valence electrons. The summed E-state index contributed by atoms with van der Waals surface area (Å²) in [5.74, 6) is 1.49. The first-order chi connectivity index (χ1) is 14.9. The molecule has 0 saturated carbocycles. The Balaban J connectivity index is 1.78. The highest BCUT2D eigenvalue weighted by molar-refractivity contribution is 6.14. The molecule has 3 aliphatic heterocycles. The van der Waals surface area contributed by atoms with Crippen molar-refractivity contribution in [3.8, 4) is 11.5 Å². The molecule has 0 spiro atoms. The van der Waals surface area contributed by atoms with E-state index >= 15 is 0 Å². The first-order valence-corrected chi connectivity index (χ1v) is 11.0. The zero-order valence-corrected chi connectivity index (χ0v) is 18.1. The van der Waals surface area contributed by atoms with E-state index in [2.05, 4.69) is 11.4 Å². The summed E-state index contributed by atoms with van der Waals surface area (Å²) in [5.41, 5.74) is 0.853. The second-order valence-electron chi connectivity index (χ2n) is 8.97. The van der Waals surface area contributed by atoms with Crippen molar-refractivity contribution in [3.05, 3.63) is 51.1 Å². The lowest BCUT2D eigenvalue weighted by Crippen LogP contribution is -2.29.